The van der Waals surface area contributed by atoms with Crippen molar-refractivity contribution < 1.29 is 31.3 Å². The number of nitrogens with one attached hydrogen (secondary N) is 1. The zero-order chi connectivity index (χ0) is 41.2. The van der Waals surface area contributed by atoms with Crippen LogP contribution in [0.3, 0.4) is 0 Å². The fourth-order valence-electron chi connectivity index (χ4n) is 8.09. The van der Waals surface area contributed by atoms with Crippen molar-refractivity contribution in [3.63, 3.8) is 0 Å². The molecule has 0 saturated heterocycles. The van der Waals surface area contributed by atoms with Crippen LogP contribution in [-0.4, -0.2) is 26.7 Å². The van der Waals surface area contributed by atoms with Gasteiger partial charge in [-0.15, -0.1) is 6.67 Å². The van der Waals surface area contributed by atoms with Crippen molar-refractivity contribution in [2.24, 2.45) is 0 Å². The molecule has 6 aromatic rings. The second kappa shape index (κ2) is 18.3. The van der Waals surface area contributed by atoms with Gasteiger partial charge in [0.25, 0.3) is 0 Å². The summed E-state index contributed by atoms with van der Waals surface area (Å²) in [6, 6.07) is 32.9. The van der Waals surface area contributed by atoms with Gasteiger partial charge in [-0.05, 0) is 130 Å². The van der Waals surface area contributed by atoms with Crippen LogP contribution in [0.4, 0.5) is 34.4 Å². The van der Waals surface area contributed by atoms with E-state index in [0.29, 0.717) is 23.7 Å². The van der Waals surface area contributed by atoms with Crippen LogP contribution in [0, 0.1) is 13.3 Å². The number of aromatic nitrogens is 2. The summed E-state index contributed by atoms with van der Waals surface area (Å²) in [5, 5.41) is 24.6. The first kappa shape index (κ1) is 43.3. The number of fused-ring (bicyclic) bond motifs is 2. The van der Waals surface area contributed by atoms with Crippen LogP contribution in [0.1, 0.15) is 108 Å². The molecule has 0 aliphatic carbocycles. The van der Waals surface area contributed by atoms with Crippen molar-refractivity contribution in [1.82, 2.24) is 9.97 Å². The number of phenolic OH excluding ortho intramolecular Hbond substituents is 2. The predicted octanol–water partition coefficient (Wildman–Crippen LogP) is 13.2. The minimum atomic E-state index is 0. The third-order valence-corrected chi connectivity index (χ3v) is 11.1. The molecule has 3 N–H and O–H groups in total. The van der Waals surface area contributed by atoms with Gasteiger partial charge in [-0.1, -0.05) is 104 Å². The van der Waals surface area contributed by atoms with E-state index in [-0.39, 0.29) is 32.6 Å². The van der Waals surface area contributed by atoms with Gasteiger partial charge in [-0.3, -0.25) is 0 Å². The van der Waals surface area contributed by atoms with Gasteiger partial charge in [0.15, 0.2) is 0 Å². The van der Waals surface area contributed by atoms with Crippen LogP contribution in [0.5, 0.6) is 11.5 Å². The molecule has 4 aromatic carbocycles. The van der Waals surface area contributed by atoms with Crippen LogP contribution in [0.15, 0.2) is 109 Å². The number of aromatic hydroxyl groups is 2. The first-order valence-electron chi connectivity index (χ1n) is 20.5. The Labute approximate surface area is 365 Å². The third kappa shape index (κ3) is 8.56. The number of phenols is 2. The van der Waals surface area contributed by atoms with Crippen LogP contribution in [0.25, 0.3) is 22.3 Å². The summed E-state index contributed by atoms with van der Waals surface area (Å²) in [6.45, 7) is 24.6. The molecule has 59 heavy (non-hydrogen) atoms. The van der Waals surface area contributed by atoms with E-state index in [0.717, 1.165) is 52.1 Å². The molecule has 2 aliphatic heterocycles. The largest absolute Gasteiger partial charge is 2.00 e. The summed E-state index contributed by atoms with van der Waals surface area (Å²) in [5.74, 6) is 3.85. The van der Waals surface area contributed by atoms with Gasteiger partial charge >= 0.3 is 21.1 Å². The number of hydrogen-bond acceptors (Lipinski definition) is 8. The maximum Gasteiger partial charge on any atom is 2.00 e. The van der Waals surface area contributed by atoms with Gasteiger partial charge in [-0.2, -0.15) is 6.67 Å². The summed E-state index contributed by atoms with van der Waals surface area (Å²) >= 11 is 0. The average Bonchev–Trinajstić information content (AvgIpc) is 3.83. The molecule has 0 radical (unpaired) electrons. The number of nitrogens with zero attached hydrogens (tertiary/aromatic N) is 5. The van der Waals surface area contributed by atoms with Gasteiger partial charge < -0.3 is 30.2 Å². The Morgan fingerprint density at radius 3 is 1.49 bits per heavy atom. The molecule has 8 nitrogen and oxygen atoms in total. The normalized spacial score (nSPS) is 13.1. The van der Waals surface area contributed by atoms with E-state index >= 15 is 0 Å². The first-order chi connectivity index (χ1) is 27.9. The molecular formula is C50H56N6O2Pt. The van der Waals surface area contributed by atoms with Crippen LogP contribution in [-0.2, 0) is 21.1 Å². The van der Waals surface area contributed by atoms with E-state index in [1.807, 2.05) is 71.8 Å². The second-order valence-corrected chi connectivity index (χ2v) is 16.3. The molecule has 0 amide bonds. The maximum atomic E-state index is 10.8. The average molecular weight is 968 g/mol. The molecule has 0 atom stereocenters. The molecular weight excluding hydrogens is 912 g/mol. The molecule has 2 aromatic heterocycles. The summed E-state index contributed by atoms with van der Waals surface area (Å²) in [7, 11) is 0. The Morgan fingerprint density at radius 2 is 1.02 bits per heavy atom. The molecule has 4 heterocycles. The molecule has 0 fully saturated rings. The zero-order valence-electron chi connectivity index (χ0n) is 35.5. The Hall–Kier alpha value is -5.33. The zero-order valence-corrected chi connectivity index (χ0v) is 37.8. The third-order valence-electron chi connectivity index (χ3n) is 11.1. The van der Waals surface area contributed by atoms with Crippen LogP contribution in [0.2, 0.25) is 0 Å². The van der Waals surface area contributed by atoms with Gasteiger partial charge in [0.1, 0.15) is 23.1 Å². The second-order valence-electron chi connectivity index (χ2n) is 16.3. The Kier molecular flexibility index (Phi) is 13.4. The minimum absolute atomic E-state index is 0. The van der Waals surface area contributed by atoms with E-state index in [2.05, 4.69) is 131 Å². The predicted molar refractivity (Wildman–Crippen MR) is 241 cm³/mol. The summed E-state index contributed by atoms with van der Waals surface area (Å²) < 4.78 is 0. The number of hydrogen-bond donors (Lipinski definition) is 3. The summed E-state index contributed by atoms with van der Waals surface area (Å²) in [6.07, 6.45) is 3.57. The van der Waals surface area contributed by atoms with Crippen molar-refractivity contribution in [2.45, 2.75) is 86.0 Å². The molecule has 0 unspecified atom stereocenters. The fourth-order valence-corrected chi connectivity index (χ4v) is 8.09. The molecule has 9 heteroatoms. The number of pyridine rings is 2. The molecule has 0 spiro atoms. The number of anilines is 6. The van der Waals surface area contributed by atoms with Crippen LogP contribution < -0.4 is 20.0 Å². The van der Waals surface area contributed by atoms with Crippen molar-refractivity contribution in [2.75, 3.05) is 26.6 Å². The Balaban J connectivity index is 0.000000195. The summed E-state index contributed by atoms with van der Waals surface area (Å²) in [4.78, 5) is 15.0. The van der Waals surface area contributed by atoms with E-state index in [4.69, 9.17) is 0 Å². The molecule has 0 bridgehead atoms. The SMILES string of the molecule is CC(C)c1cccc(C(C)C)c1-c1ccc(O)c(N2[CH-]Nc3ncccc32)c1.CCN1[CH-]N(c2cc(-c3c(C(C)C)cccc3C(C)C)ccc2O)c2cccnc21.[Pt+2]. The molecule has 2 aliphatic rings. The first-order valence-corrected chi connectivity index (χ1v) is 20.5. The van der Waals surface area contributed by atoms with E-state index < -0.39 is 0 Å². The van der Waals surface area contributed by atoms with Crippen molar-refractivity contribution in [1.29, 1.82) is 0 Å². The van der Waals surface area contributed by atoms with E-state index in [1.165, 1.54) is 33.4 Å². The quantitative estimate of drug-likeness (QED) is 0.124. The van der Waals surface area contributed by atoms with E-state index in [9.17, 15) is 10.2 Å². The topological polar surface area (TPSA) is 88.0 Å². The number of benzene rings is 4. The Morgan fingerprint density at radius 1 is 0.559 bits per heavy atom. The minimum Gasteiger partial charge on any atom is -0.506 e. The van der Waals surface area contributed by atoms with Crippen molar-refractivity contribution in [3.8, 4) is 33.8 Å². The fraction of sp³-hybridized carbons (Fsp3) is 0.280. The maximum absolute atomic E-state index is 10.8. The van der Waals surface area contributed by atoms with Gasteiger partial charge in [0, 0.05) is 12.4 Å². The van der Waals surface area contributed by atoms with E-state index in [1.54, 1.807) is 12.3 Å². The molecule has 8 rings (SSSR count). The standard InChI is InChI=1S/C26H30N3O.C24H26N3O.Pt/c1-6-28-16-29(22-11-8-14-27-26(22)28)23-15-19(12-13-24(23)30)25-20(17(2)3)9-7-10-21(25)18(4)5;1-15(2)18-7-5-8-19(16(3)4)23(18)17-10-11-22(28)21(13-17)27-14-26-24-20(27)9-6-12-25-24;/h7-18,30H,6H2,1-5H3;5-16,28H,1-4H3,(H,25,26);/q2*-1;+2. The number of rotatable bonds is 9. The van der Waals surface area contributed by atoms with Crippen LogP contribution >= 0.6 is 0 Å². The van der Waals surface area contributed by atoms with Crippen molar-refractivity contribution >= 4 is 34.4 Å². The van der Waals surface area contributed by atoms with Crippen molar-refractivity contribution in [3.05, 3.63) is 145 Å². The monoisotopic (exact) mass is 967 g/mol. The molecule has 308 valence electrons. The molecule has 0 saturated carbocycles. The van der Waals surface area contributed by atoms with Gasteiger partial charge in [0.2, 0.25) is 0 Å². The van der Waals surface area contributed by atoms with Gasteiger partial charge in [-0.25, -0.2) is 9.97 Å². The smallest absolute Gasteiger partial charge is 0.506 e. The summed E-state index contributed by atoms with van der Waals surface area (Å²) in [5.41, 5.74) is 13.5. The van der Waals surface area contributed by atoms with Gasteiger partial charge in [0.05, 0.1) is 22.7 Å². The Bertz CT molecular complexity index is 2360.